The normalized spacial score (nSPS) is 13.6. The smallest absolute Gasteiger partial charge is 0.242 e. The lowest BCUT2D eigenvalue weighted by molar-refractivity contribution is -0.141. The van der Waals surface area contributed by atoms with Crippen LogP contribution < -0.4 is 19.1 Å². The third-order valence-corrected chi connectivity index (χ3v) is 7.46. The number of sulfonamides is 1. The molecule has 9 nitrogen and oxygen atoms in total. The van der Waals surface area contributed by atoms with Crippen LogP contribution >= 0.6 is 0 Å². The van der Waals surface area contributed by atoms with Crippen molar-refractivity contribution < 1.29 is 27.5 Å². The van der Waals surface area contributed by atoms with Crippen molar-refractivity contribution in [3.05, 3.63) is 54.1 Å². The van der Waals surface area contributed by atoms with Crippen LogP contribution in [0.1, 0.15) is 45.6 Å². The molecule has 2 amide bonds. The maximum Gasteiger partial charge on any atom is 0.242 e. The fraction of sp³-hybridized carbons (Fsp3) is 0.500. The number of carbonyl (C=O) groups is 2. The molecule has 0 bridgehead atoms. The molecular weight excluding hydrogens is 506 g/mol. The molecule has 0 spiro atoms. The van der Waals surface area contributed by atoms with Gasteiger partial charge in [-0.05, 0) is 50.8 Å². The first-order valence-electron chi connectivity index (χ1n) is 13.1. The highest BCUT2D eigenvalue weighted by Crippen LogP contribution is 2.34. The van der Waals surface area contributed by atoms with Crippen LogP contribution in [-0.4, -0.2) is 69.8 Å². The molecule has 38 heavy (non-hydrogen) atoms. The van der Waals surface area contributed by atoms with Crippen LogP contribution in [-0.2, 0) is 26.0 Å². The van der Waals surface area contributed by atoms with Crippen LogP contribution in [0, 0.1) is 0 Å². The molecule has 2 aromatic rings. The van der Waals surface area contributed by atoms with Crippen LogP contribution in [0.15, 0.2) is 48.5 Å². The number of amides is 2. The predicted molar refractivity (Wildman–Crippen MR) is 148 cm³/mol. The van der Waals surface area contributed by atoms with Crippen LogP contribution in [0.4, 0.5) is 5.69 Å². The van der Waals surface area contributed by atoms with E-state index < -0.39 is 16.1 Å². The monoisotopic (exact) mass is 545 g/mol. The molecule has 1 N–H and O–H groups in total. The first kappa shape index (κ1) is 29.3. The lowest BCUT2D eigenvalue weighted by Gasteiger charge is -2.31. The molecule has 10 heteroatoms. The number of ether oxygens (including phenoxy) is 2. The Morgan fingerprint density at radius 3 is 2.32 bits per heavy atom. The molecule has 1 aliphatic rings. The maximum absolute atomic E-state index is 13.5. The van der Waals surface area contributed by atoms with Crippen LogP contribution in [0.5, 0.6) is 11.5 Å². The zero-order chi connectivity index (χ0) is 27.7. The number of benzene rings is 2. The van der Waals surface area contributed by atoms with Crippen LogP contribution in [0.3, 0.4) is 0 Å². The van der Waals surface area contributed by atoms with E-state index in [0.29, 0.717) is 56.2 Å². The summed E-state index contributed by atoms with van der Waals surface area (Å²) in [4.78, 5) is 28.0. The second-order valence-electron chi connectivity index (χ2n) is 9.68. The van der Waals surface area contributed by atoms with Crippen molar-refractivity contribution in [2.75, 3.05) is 36.9 Å². The summed E-state index contributed by atoms with van der Waals surface area (Å²) >= 11 is 0. The van der Waals surface area contributed by atoms with Gasteiger partial charge in [-0.2, -0.15) is 0 Å². The van der Waals surface area contributed by atoms with Gasteiger partial charge in [0.1, 0.15) is 19.3 Å². The number of nitrogens with one attached hydrogen (secondary N) is 1. The second kappa shape index (κ2) is 13.5. The van der Waals surface area contributed by atoms with E-state index in [1.165, 1.54) is 4.31 Å². The van der Waals surface area contributed by atoms with E-state index in [2.05, 4.69) is 5.32 Å². The van der Waals surface area contributed by atoms with Gasteiger partial charge >= 0.3 is 0 Å². The fourth-order valence-electron chi connectivity index (χ4n) is 4.47. The fourth-order valence-corrected chi connectivity index (χ4v) is 5.42. The Labute approximate surface area is 226 Å². The quantitative estimate of drug-likeness (QED) is 0.414. The molecule has 0 saturated carbocycles. The lowest BCUT2D eigenvalue weighted by Crippen LogP contribution is -2.51. The first-order chi connectivity index (χ1) is 18.1. The molecule has 2 aromatic carbocycles. The third kappa shape index (κ3) is 8.11. The molecular formula is C28H39N3O6S. The minimum Gasteiger partial charge on any atom is -0.486 e. The Hall–Kier alpha value is -3.27. The molecule has 1 aliphatic heterocycles. The summed E-state index contributed by atoms with van der Waals surface area (Å²) in [6.45, 7) is 7.01. The van der Waals surface area contributed by atoms with Gasteiger partial charge in [-0.15, -0.1) is 0 Å². The molecule has 1 heterocycles. The number of carbonyl (C=O) groups excluding carboxylic acids is 2. The summed E-state index contributed by atoms with van der Waals surface area (Å²) in [5.74, 6) is 0.704. The minimum absolute atomic E-state index is 0.0445. The molecule has 0 saturated heterocycles. The van der Waals surface area contributed by atoms with Crippen LogP contribution in [0.2, 0.25) is 0 Å². The number of fused-ring (bicyclic) bond motifs is 1. The summed E-state index contributed by atoms with van der Waals surface area (Å²) in [6, 6.07) is 14.2. The summed E-state index contributed by atoms with van der Waals surface area (Å²) in [7, 11) is -3.61. The van der Waals surface area contributed by atoms with Gasteiger partial charge in [0.05, 0.1) is 11.9 Å². The average molecular weight is 546 g/mol. The first-order valence-corrected chi connectivity index (χ1v) is 15.0. The Morgan fingerprint density at radius 2 is 1.68 bits per heavy atom. The summed E-state index contributed by atoms with van der Waals surface area (Å²) in [5, 5.41) is 2.93. The largest absolute Gasteiger partial charge is 0.486 e. The molecule has 208 valence electrons. The highest BCUT2D eigenvalue weighted by atomic mass is 32.2. The van der Waals surface area contributed by atoms with E-state index in [0.717, 1.165) is 11.8 Å². The van der Waals surface area contributed by atoms with Gasteiger partial charge in [0.15, 0.2) is 11.5 Å². The highest BCUT2D eigenvalue weighted by molar-refractivity contribution is 7.92. The van der Waals surface area contributed by atoms with E-state index in [1.54, 1.807) is 23.1 Å². The molecule has 0 fully saturated rings. The summed E-state index contributed by atoms with van der Waals surface area (Å²) in [5.41, 5.74) is 1.53. The minimum atomic E-state index is -3.61. The highest BCUT2D eigenvalue weighted by Gasteiger charge is 2.29. The maximum atomic E-state index is 13.5. The van der Waals surface area contributed by atoms with Crippen molar-refractivity contribution in [3.8, 4) is 11.5 Å². The topological polar surface area (TPSA) is 105 Å². The van der Waals surface area contributed by atoms with Gasteiger partial charge in [-0.3, -0.25) is 13.9 Å². The summed E-state index contributed by atoms with van der Waals surface area (Å²) in [6.07, 6.45) is 2.64. The number of anilines is 1. The summed E-state index contributed by atoms with van der Waals surface area (Å²) < 4.78 is 37.7. The van der Waals surface area contributed by atoms with Crippen LogP contribution in [0.25, 0.3) is 0 Å². The lowest BCUT2D eigenvalue weighted by atomic mass is 10.1. The van der Waals surface area contributed by atoms with E-state index >= 15 is 0 Å². The molecule has 0 aliphatic carbocycles. The molecule has 3 rings (SSSR count). The number of rotatable bonds is 13. The van der Waals surface area contributed by atoms with E-state index in [1.807, 2.05) is 51.1 Å². The number of hydrogen-bond donors (Lipinski definition) is 1. The van der Waals surface area contributed by atoms with Crippen molar-refractivity contribution in [3.63, 3.8) is 0 Å². The van der Waals surface area contributed by atoms with E-state index in [9.17, 15) is 18.0 Å². The zero-order valence-electron chi connectivity index (χ0n) is 22.7. The zero-order valence-corrected chi connectivity index (χ0v) is 23.5. The van der Waals surface area contributed by atoms with Crippen molar-refractivity contribution in [2.45, 2.75) is 58.5 Å². The Morgan fingerprint density at radius 1 is 1.00 bits per heavy atom. The van der Waals surface area contributed by atoms with E-state index in [4.69, 9.17) is 9.47 Å². The van der Waals surface area contributed by atoms with Crippen molar-refractivity contribution in [1.29, 1.82) is 0 Å². The Bertz CT molecular complexity index is 1190. The van der Waals surface area contributed by atoms with Crippen molar-refractivity contribution in [2.24, 2.45) is 0 Å². The average Bonchev–Trinajstić information content (AvgIpc) is 2.88. The van der Waals surface area contributed by atoms with Gasteiger partial charge < -0.3 is 19.7 Å². The third-order valence-electron chi connectivity index (χ3n) is 6.27. The molecule has 0 unspecified atom stereocenters. The Balaban J connectivity index is 1.72. The molecule has 0 radical (unpaired) electrons. The molecule has 0 aromatic heterocycles. The van der Waals surface area contributed by atoms with Gasteiger partial charge in [0, 0.05) is 31.6 Å². The molecule has 1 atom stereocenters. The van der Waals surface area contributed by atoms with Gasteiger partial charge in [0.25, 0.3) is 0 Å². The Kier molecular flexibility index (Phi) is 10.4. The number of hydrogen-bond acceptors (Lipinski definition) is 6. The standard InChI is InChI=1S/C28H39N3O6S/c1-5-24(28(33)29-21(2)3)30(17-15-22-10-7-6-8-11-22)27(32)12-9-16-31(38(4,34)35)23-13-14-25-26(20-23)37-19-18-36-25/h6-8,10-11,13-14,20-21,24H,5,9,12,15-19H2,1-4H3,(H,29,33)/t24-/m0/s1. The van der Waals surface area contributed by atoms with Gasteiger partial charge in [-0.25, -0.2) is 8.42 Å². The second-order valence-corrected chi connectivity index (χ2v) is 11.6. The SMILES string of the molecule is CC[C@@H](C(=O)NC(C)C)N(CCc1ccccc1)C(=O)CCCN(c1ccc2c(c1)OCCO2)S(C)(=O)=O. The predicted octanol–water partition coefficient (Wildman–Crippen LogP) is 3.38. The van der Waals surface area contributed by atoms with Gasteiger partial charge in [-0.1, -0.05) is 37.3 Å². The van der Waals surface area contributed by atoms with Crippen molar-refractivity contribution >= 4 is 27.5 Å². The van der Waals surface area contributed by atoms with E-state index in [-0.39, 0.29) is 30.8 Å². The number of nitrogens with zero attached hydrogens (tertiary/aromatic N) is 2. The van der Waals surface area contributed by atoms with Crippen molar-refractivity contribution in [1.82, 2.24) is 10.2 Å². The van der Waals surface area contributed by atoms with Gasteiger partial charge in [0.2, 0.25) is 21.8 Å².